The summed E-state index contributed by atoms with van der Waals surface area (Å²) in [5.41, 5.74) is 6.62. The van der Waals surface area contributed by atoms with E-state index in [-0.39, 0.29) is 11.9 Å². The van der Waals surface area contributed by atoms with Gasteiger partial charge in [-0.15, -0.1) is 0 Å². The smallest absolute Gasteiger partial charge is 0.292 e. The molecule has 0 aliphatic carbocycles. The molecule has 2 rings (SSSR count). The Bertz CT molecular complexity index is 402. The van der Waals surface area contributed by atoms with Crippen LogP contribution >= 0.6 is 0 Å². The van der Waals surface area contributed by atoms with Gasteiger partial charge in [0.1, 0.15) is 0 Å². The van der Waals surface area contributed by atoms with Gasteiger partial charge in [-0.2, -0.15) is 0 Å². The van der Waals surface area contributed by atoms with Gasteiger partial charge in [-0.1, -0.05) is 19.0 Å². The molecule has 0 saturated carbocycles. The summed E-state index contributed by atoms with van der Waals surface area (Å²) >= 11 is 0. The monoisotopic (exact) mass is 237 g/mol. The van der Waals surface area contributed by atoms with Gasteiger partial charge >= 0.3 is 0 Å². The van der Waals surface area contributed by atoms with E-state index in [0.717, 1.165) is 18.5 Å². The molecular weight excluding hydrogens is 218 g/mol. The first-order valence-electron chi connectivity index (χ1n) is 6.13. The molecule has 0 radical (unpaired) electrons. The highest BCUT2D eigenvalue weighted by atomic mass is 16.5. The number of carbonyl (C=O) groups is 1. The summed E-state index contributed by atoms with van der Waals surface area (Å²) in [7, 11) is 0. The van der Waals surface area contributed by atoms with Gasteiger partial charge in [-0.3, -0.25) is 4.79 Å². The zero-order valence-corrected chi connectivity index (χ0v) is 10.3. The molecule has 2 N–H and O–H groups in total. The molecule has 2 atom stereocenters. The van der Waals surface area contributed by atoms with E-state index in [1.165, 1.54) is 0 Å². The highest BCUT2D eigenvalue weighted by molar-refractivity contribution is 5.91. The lowest BCUT2D eigenvalue weighted by Crippen LogP contribution is -2.31. The minimum absolute atomic E-state index is 0.0934. The number of likely N-dealkylation sites (tertiary alicyclic amines) is 1. The standard InChI is InChI=1S/C12H19N3O2/c1-3-8(2)10-6-11(17-14-10)12(16)15-5-4-9(13)7-15/h6,8-9H,3-5,7,13H2,1-2H3/t8-,9+/m0/s1. The van der Waals surface area contributed by atoms with Crippen LogP contribution < -0.4 is 5.73 Å². The van der Waals surface area contributed by atoms with E-state index in [4.69, 9.17) is 10.3 Å². The Balaban J connectivity index is 2.07. The van der Waals surface area contributed by atoms with Crippen LogP contribution in [0.5, 0.6) is 0 Å². The molecule has 5 nitrogen and oxygen atoms in total. The van der Waals surface area contributed by atoms with E-state index in [2.05, 4.69) is 19.0 Å². The number of hydrogen-bond acceptors (Lipinski definition) is 4. The Morgan fingerprint density at radius 1 is 1.76 bits per heavy atom. The Labute approximate surface area is 101 Å². The first-order chi connectivity index (χ1) is 8.11. The maximum Gasteiger partial charge on any atom is 0.292 e. The molecule has 1 aliphatic rings. The van der Waals surface area contributed by atoms with E-state index in [9.17, 15) is 4.79 Å². The summed E-state index contributed by atoms with van der Waals surface area (Å²) < 4.78 is 5.12. The van der Waals surface area contributed by atoms with Crippen LogP contribution in [-0.4, -0.2) is 35.1 Å². The summed E-state index contributed by atoms with van der Waals surface area (Å²) in [5, 5.41) is 3.94. The molecule has 1 saturated heterocycles. The predicted molar refractivity (Wildman–Crippen MR) is 63.7 cm³/mol. The lowest BCUT2D eigenvalue weighted by atomic mass is 10.1. The van der Waals surface area contributed by atoms with Crippen molar-refractivity contribution in [3.63, 3.8) is 0 Å². The summed E-state index contributed by atoms with van der Waals surface area (Å²) in [6.07, 6.45) is 1.84. The van der Waals surface area contributed by atoms with Crippen molar-refractivity contribution >= 4 is 5.91 Å². The van der Waals surface area contributed by atoms with Crippen molar-refractivity contribution in [3.8, 4) is 0 Å². The van der Waals surface area contributed by atoms with Gasteiger partial charge in [0.05, 0.1) is 5.69 Å². The molecule has 1 aromatic rings. The van der Waals surface area contributed by atoms with Crippen LogP contribution in [0.3, 0.4) is 0 Å². The lowest BCUT2D eigenvalue weighted by Gasteiger charge is -2.12. The molecule has 1 aromatic heterocycles. The Hall–Kier alpha value is -1.36. The number of nitrogens with zero attached hydrogens (tertiary/aromatic N) is 2. The first-order valence-corrected chi connectivity index (χ1v) is 6.13. The summed E-state index contributed by atoms with van der Waals surface area (Å²) in [5.74, 6) is 0.551. The largest absolute Gasteiger partial charge is 0.351 e. The molecule has 17 heavy (non-hydrogen) atoms. The van der Waals surface area contributed by atoms with E-state index >= 15 is 0 Å². The number of hydrogen-bond donors (Lipinski definition) is 1. The molecule has 94 valence electrons. The minimum Gasteiger partial charge on any atom is -0.351 e. The number of nitrogens with two attached hydrogens (primary N) is 1. The molecule has 5 heteroatoms. The average Bonchev–Trinajstić information content (AvgIpc) is 2.95. The van der Waals surface area contributed by atoms with Crippen molar-refractivity contribution in [1.82, 2.24) is 10.1 Å². The first kappa shape index (κ1) is 12.1. The summed E-state index contributed by atoms with van der Waals surface area (Å²) in [4.78, 5) is 13.8. The maximum absolute atomic E-state index is 12.1. The molecule has 0 bridgehead atoms. The van der Waals surface area contributed by atoms with Crippen molar-refractivity contribution in [1.29, 1.82) is 0 Å². The fourth-order valence-electron chi connectivity index (χ4n) is 1.96. The van der Waals surface area contributed by atoms with Crippen molar-refractivity contribution < 1.29 is 9.32 Å². The number of aromatic nitrogens is 1. The fourth-order valence-corrected chi connectivity index (χ4v) is 1.96. The predicted octanol–water partition coefficient (Wildman–Crippen LogP) is 1.36. The van der Waals surface area contributed by atoms with Gasteiger partial charge in [-0.05, 0) is 12.8 Å². The molecular formula is C12H19N3O2. The van der Waals surface area contributed by atoms with Gasteiger partial charge in [0.15, 0.2) is 0 Å². The normalized spacial score (nSPS) is 21.8. The quantitative estimate of drug-likeness (QED) is 0.861. The van der Waals surface area contributed by atoms with Crippen LogP contribution in [0.15, 0.2) is 10.6 Å². The van der Waals surface area contributed by atoms with Crippen LogP contribution in [-0.2, 0) is 0 Å². The summed E-state index contributed by atoms with van der Waals surface area (Å²) in [6, 6.07) is 1.84. The van der Waals surface area contributed by atoms with Crippen molar-refractivity contribution in [2.24, 2.45) is 5.73 Å². The van der Waals surface area contributed by atoms with E-state index in [1.807, 2.05) is 0 Å². The van der Waals surface area contributed by atoms with Gasteiger partial charge in [-0.25, -0.2) is 0 Å². The molecule has 0 aromatic carbocycles. The second kappa shape index (κ2) is 4.87. The van der Waals surface area contributed by atoms with Crippen LogP contribution in [0.1, 0.15) is 48.9 Å². The highest BCUT2D eigenvalue weighted by Crippen LogP contribution is 2.20. The van der Waals surface area contributed by atoms with Crippen molar-refractivity contribution in [2.75, 3.05) is 13.1 Å². The Kier molecular flexibility index (Phi) is 3.47. The Morgan fingerprint density at radius 3 is 3.12 bits per heavy atom. The number of rotatable bonds is 3. The third kappa shape index (κ3) is 2.49. The second-order valence-corrected chi connectivity index (χ2v) is 4.73. The number of carbonyl (C=O) groups excluding carboxylic acids is 1. The lowest BCUT2D eigenvalue weighted by molar-refractivity contribution is 0.0749. The highest BCUT2D eigenvalue weighted by Gasteiger charge is 2.27. The Morgan fingerprint density at radius 2 is 2.53 bits per heavy atom. The zero-order valence-electron chi connectivity index (χ0n) is 10.3. The molecule has 2 heterocycles. The molecule has 0 unspecified atom stereocenters. The van der Waals surface area contributed by atoms with Gasteiger partial charge in [0.2, 0.25) is 5.76 Å². The van der Waals surface area contributed by atoms with Crippen molar-refractivity contribution in [3.05, 3.63) is 17.5 Å². The molecule has 1 aliphatic heterocycles. The van der Waals surface area contributed by atoms with Crippen molar-refractivity contribution in [2.45, 2.75) is 38.6 Å². The fraction of sp³-hybridized carbons (Fsp3) is 0.667. The molecule has 1 fully saturated rings. The van der Waals surface area contributed by atoms with Crippen LogP contribution in [0.2, 0.25) is 0 Å². The molecule has 0 spiro atoms. The maximum atomic E-state index is 12.1. The topological polar surface area (TPSA) is 72.4 Å². The zero-order chi connectivity index (χ0) is 12.4. The third-order valence-corrected chi connectivity index (χ3v) is 3.37. The van der Waals surface area contributed by atoms with Crippen LogP contribution in [0.4, 0.5) is 0 Å². The average molecular weight is 237 g/mol. The van der Waals surface area contributed by atoms with E-state index in [0.29, 0.717) is 24.8 Å². The van der Waals surface area contributed by atoms with Crippen LogP contribution in [0.25, 0.3) is 0 Å². The van der Waals surface area contributed by atoms with Gasteiger partial charge in [0, 0.05) is 31.1 Å². The summed E-state index contributed by atoms with van der Waals surface area (Å²) in [6.45, 7) is 5.47. The SMILES string of the molecule is CC[C@H](C)c1cc(C(=O)N2CC[C@@H](N)C2)on1. The second-order valence-electron chi connectivity index (χ2n) is 4.73. The van der Waals surface area contributed by atoms with Gasteiger partial charge < -0.3 is 15.2 Å². The molecule has 1 amide bonds. The van der Waals surface area contributed by atoms with Gasteiger partial charge in [0.25, 0.3) is 5.91 Å². The third-order valence-electron chi connectivity index (χ3n) is 3.37. The van der Waals surface area contributed by atoms with E-state index in [1.54, 1.807) is 11.0 Å². The number of amides is 1. The minimum atomic E-state index is -0.0972. The van der Waals surface area contributed by atoms with E-state index < -0.39 is 0 Å². The van der Waals surface area contributed by atoms with Crippen LogP contribution in [0, 0.1) is 0 Å².